The maximum atomic E-state index is 12.3. The van der Waals surface area contributed by atoms with Crippen LogP contribution in [0, 0.1) is 0 Å². The van der Waals surface area contributed by atoms with Crippen LogP contribution in [0.3, 0.4) is 0 Å². The maximum absolute atomic E-state index is 12.3. The molecule has 2 rings (SSSR count). The summed E-state index contributed by atoms with van der Waals surface area (Å²) in [5.41, 5.74) is 6.98. The first kappa shape index (κ1) is 15.1. The van der Waals surface area contributed by atoms with E-state index in [1.165, 1.54) is 4.88 Å². The lowest BCUT2D eigenvalue weighted by Crippen LogP contribution is -2.28. The maximum Gasteiger partial charge on any atom is 0.251 e. The van der Waals surface area contributed by atoms with E-state index in [2.05, 4.69) is 34.2 Å². The molecule has 0 aliphatic carbocycles. The molecule has 1 atom stereocenters. The Balaban J connectivity index is 2.13. The Labute approximate surface area is 131 Å². The van der Waals surface area contributed by atoms with Crippen molar-refractivity contribution in [3.05, 3.63) is 50.6 Å². The lowest BCUT2D eigenvalue weighted by atomic mass is 10.1. The number of amides is 1. The van der Waals surface area contributed by atoms with Gasteiger partial charge in [0, 0.05) is 20.6 Å². The average molecular weight is 353 g/mol. The topological polar surface area (TPSA) is 55.1 Å². The Morgan fingerprint density at radius 1 is 1.45 bits per heavy atom. The van der Waals surface area contributed by atoms with Gasteiger partial charge in [0.2, 0.25) is 0 Å². The van der Waals surface area contributed by atoms with E-state index < -0.39 is 0 Å². The number of nitrogen functional groups attached to an aromatic ring is 1. The highest BCUT2D eigenvalue weighted by Crippen LogP contribution is 2.25. The third-order valence-electron chi connectivity index (χ3n) is 3.03. The number of nitrogens with two attached hydrogens (primary N) is 1. The van der Waals surface area contributed by atoms with E-state index in [0.29, 0.717) is 11.3 Å². The van der Waals surface area contributed by atoms with Crippen molar-refractivity contribution >= 4 is 38.9 Å². The van der Waals surface area contributed by atoms with Crippen LogP contribution in [0.4, 0.5) is 5.69 Å². The molecule has 2 aromatic rings. The summed E-state index contributed by atoms with van der Waals surface area (Å²) in [6.07, 6.45) is 1.96. The second-order valence-electron chi connectivity index (χ2n) is 4.57. The van der Waals surface area contributed by atoms with Crippen LogP contribution >= 0.6 is 27.3 Å². The molecule has 0 saturated carbocycles. The molecule has 0 aliphatic rings. The van der Waals surface area contributed by atoms with E-state index in [-0.39, 0.29) is 11.9 Å². The zero-order valence-electron chi connectivity index (χ0n) is 11.2. The number of halogens is 1. The minimum Gasteiger partial charge on any atom is -0.398 e. The number of anilines is 1. The molecule has 106 valence electrons. The number of hydrogen-bond donors (Lipinski definition) is 2. The van der Waals surface area contributed by atoms with Crippen molar-refractivity contribution in [3.63, 3.8) is 0 Å². The van der Waals surface area contributed by atoms with Gasteiger partial charge in [0.1, 0.15) is 0 Å². The smallest absolute Gasteiger partial charge is 0.251 e. The molecule has 20 heavy (non-hydrogen) atoms. The summed E-state index contributed by atoms with van der Waals surface area (Å²) in [6, 6.07) is 9.37. The third kappa shape index (κ3) is 3.61. The largest absolute Gasteiger partial charge is 0.398 e. The van der Waals surface area contributed by atoms with Gasteiger partial charge in [0.25, 0.3) is 5.91 Å². The van der Waals surface area contributed by atoms with Crippen LogP contribution in [0.1, 0.15) is 41.0 Å². The second-order valence-corrected chi connectivity index (χ2v) is 6.40. The molecule has 5 heteroatoms. The summed E-state index contributed by atoms with van der Waals surface area (Å²) in [7, 11) is 0. The molecule has 0 saturated heterocycles. The van der Waals surface area contributed by atoms with Crippen LogP contribution in [0.25, 0.3) is 0 Å². The summed E-state index contributed by atoms with van der Waals surface area (Å²) in [4.78, 5) is 13.5. The van der Waals surface area contributed by atoms with Gasteiger partial charge in [-0.2, -0.15) is 0 Å². The zero-order chi connectivity index (χ0) is 14.5. The normalized spacial score (nSPS) is 12.1. The van der Waals surface area contributed by atoms with Gasteiger partial charge in [-0.15, -0.1) is 11.3 Å². The van der Waals surface area contributed by atoms with Crippen molar-refractivity contribution in [1.29, 1.82) is 0 Å². The highest BCUT2D eigenvalue weighted by atomic mass is 79.9. The predicted octanol–water partition coefficient (Wildman–Crippen LogP) is 4.36. The summed E-state index contributed by atoms with van der Waals surface area (Å²) in [5.74, 6) is -0.0717. The fraction of sp³-hybridized carbons (Fsp3) is 0.267. The van der Waals surface area contributed by atoms with Crippen LogP contribution in [0.2, 0.25) is 0 Å². The molecule has 1 unspecified atom stereocenters. The van der Waals surface area contributed by atoms with Crippen molar-refractivity contribution in [2.24, 2.45) is 0 Å². The van der Waals surface area contributed by atoms with Crippen molar-refractivity contribution in [3.8, 4) is 0 Å². The summed E-state index contributed by atoms with van der Waals surface area (Å²) >= 11 is 5.02. The molecule has 1 amide bonds. The summed E-state index contributed by atoms with van der Waals surface area (Å²) < 4.78 is 0.744. The van der Waals surface area contributed by atoms with Crippen molar-refractivity contribution in [1.82, 2.24) is 5.32 Å². The van der Waals surface area contributed by atoms with Gasteiger partial charge < -0.3 is 11.1 Å². The molecule has 1 aromatic heterocycles. The molecule has 1 aromatic carbocycles. The molecule has 3 nitrogen and oxygen atoms in total. The molecule has 0 radical (unpaired) electrons. The molecule has 1 heterocycles. The van der Waals surface area contributed by atoms with Gasteiger partial charge in [-0.1, -0.05) is 19.4 Å². The Hall–Kier alpha value is -1.33. The van der Waals surface area contributed by atoms with E-state index >= 15 is 0 Å². The highest BCUT2D eigenvalue weighted by molar-refractivity contribution is 9.10. The number of thiophene rings is 1. The molecule has 0 bridgehead atoms. The zero-order valence-corrected chi connectivity index (χ0v) is 13.6. The van der Waals surface area contributed by atoms with E-state index in [4.69, 9.17) is 5.73 Å². The van der Waals surface area contributed by atoms with Crippen LogP contribution in [-0.2, 0) is 0 Å². The fourth-order valence-electron chi connectivity index (χ4n) is 1.97. The minimum atomic E-state index is -0.0717. The van der Waals surface area contributed by atoms with Gasteiger partial charge in [-0.3, -0.25) is 4.79 Å². The lowest BCUT2D eigenvalue weighted by molar-refractivity contribution is 0.0935. The molecular weight excluding hydrogens is 336 g/mol. The Morgan fingerprint density at radius 2 is 2.25 bits per heavy atom. The van der Waals surface area contributed by atoms with E-state index in [0.717, 1.165) is 17.3 Å². The van der Waals surface area contributed by atoms with Crippen LogP contribution in [-0.4, -0.2) is 5.91 Å². The van der Waals surface area contributed by atoms with Gasteiger partial charge in [0.05, 0.1) is 6.04 Å². The third-order valence-corrected chi connectivity index (χ3v) is 4.70. The number of nitrogens with one attached hydrogen (secondary N) is 1. The molecular formula is C15H17BrN2OS. The first-order valence-corrected chi connectivity index (χ1v) is 8.18. The van der Waals surface area contributed by atoms with Crippen LogP contribution in [0.15, 0.2) is 40.2 Å². The van der Waals surface area contributed by atoms with E-state index in [1.807, 2.05) is 11.4 Å². The summed E-state index contributed by atoms with van der Waals surface area (Å²) in [6.45, 7) is 2.12. The second kappa shape index (κ2) is 6.90. The van der Waals surface area contributed by atoms with E-state index in [1.54, 1.807) is 29.5 Å². The number of carbonyl (C=O) groups excluding carboxylic acids is 1. The molecule has 0 aliphatic heterocycles. The molecule has 0 fully saturated rings. The average Bonchev–Trinajstić information content (AvgIpc) is 2.95. The van der Waals surface area contributed by atoms with Gasteiger partial charge >= 0.3 is 0 Å². The van der Waals surface area contributed by atoms with Crippen molar-refractivity contribution < 1.29 is 4.79 Å². The minimum absolute atomic E-state index is 0.0717. The SMILES string of the molecule is CCCC(NC(=O)c1ccc(N)c(Br)c1)c1cccs1. The Kier molecular flexibility index (Phi) is 5.20. The Morgan fingerprint density at radius 3 is 2.85 bits per heavy atom. The first-order chi connectivity index (χ1) is 9.61. The van der Waals surface area contributed by atoms with Gasteiger partial charge in [-0.05, 0) is 52.0 Å². The van der Waals surface area contributed by atoms with Gasteiger partial charge in [0.15, 0.2) is 0 Å². The van der Waals surface area contributed by atoms with Crippen LogP contribution < -0.4 is 11.1 Å². The summed E-state index contributed by atoms with van der Waals surface area (Å²) in [5, 5.41) is 5.12. The number of benzene rings is 1. The van der Waals surface area contributed by atoms with Crippen molar-refractivity contribution in [2.75, 3.05) is 5.73 Å². The Bertz CT molecular complexity index is 584. The van der Waals surface area contributed by atoms with Crippen molar-refractivity contribution in [2.45, 2.75) is 25.8 Å². The number of rotatable bonds is 5. The predicted molar refractivity (Wildman–Crippen MR) is 88.0 cm³/mol. The lowest BCUT2D eigenvalue weighted by Gasteiger charge is -2.17. The molecule has 3 N–H and O–H groups in total. The molecule has 0 spiro atoms. The quantitative estimate of drug-likeness (QED) is 0.785. The highest BCUT2D eigenvalue weighted by Gasteiger charge is 2.16. The first-order valence-electron chi connectivity index (χ1n) is 6.51. The van der Waals surface area contributed by atoms with E-state index in [9.17, 15) is 4.79 Å². The number of hydrogen-bond acceptors (Lipinski definition) is 3. The van der Waals surface area contributed by atoms with Crippen LogP contribution in [0.5, 0.6) is 0 Å². The fourth-order valence-corrected chi connectivity index (χ4v) is 3.16. The monoisotopic (exact) mass is 352 g/mol. The van der Waals surface area contributed by atoms with Gasteiger partial charge in [-0.25, -0.2) is 0 Å². The standard InChI is InChI=1S/C15H17BrN2OS/c1-2-4-13(14-5-3-8-20-14)18-15(19)10-6-7-12(17)11(16)9-10/h3,5-9,13H,2,4,17H2,1H3,(H,18,19). The number of carbonyl (C=O) groups is 1.